The molecule has 3 rings (SSSR count). The second-order valence-corrected chi connectivity index (χ2v) is 6.55. The number of carbonyl (C=O) groups excluding carboxylic acids is 1. The fourth-order valence-electron chi connectivity index (χ4n) is 2.03. The van der Waals surface area contributed by atoms with Gasteiger partial charge in [-0.25, -0.2) is 4.98 Å². The summed E-state index contributed by atoms with van der Waals surface area (Å²) in [6, 6.07) is 9.80. The molecule has 0 radical (unpaired) electrons. The summed E-state index contributed by atoms with van der Waals surface area (Å²) in [7, 11) is 0. The summed E-state index contributed by atoms with van der Waals surface area (Å²) < 4.78 is 0. The highest BCUT2D eigenvalue weighted by Crippen LogP contribution is 2.29. The van der Waals surface area contributed by atoms with Crippen LogP contribution in [-0.4, -0.2) is 10.9 Å². The van der Waals surface area contributed by atoms with E-state index in [4.69, 9.17) is 0 Å². The zero-order valence-electron chi connectivity index (χ0n) is 11.7. The molecule has 0 fully saturated rings. The number of hydrogen-bond donors (Lipinski definition) is 1. The molecule has 1 amide bonds. The molecule has 3 aromatic rings. The standard InChI is InChI=1S/C16H14N2OS2/c1-10-4-3-5-13(8-10)18-15(19)14-11(2)17-16(21-14)12-6-7-20-9-12/h3-9H,1-2H3,(H,18,19). The van der Waals surface area contributed by atoms with Gasteiger partial charge >= 0.3 is 0 Å². The summed E-state index contributed by atoms with van der Waals surface area (Å²) in [4.78, 5) is 17.6. The van der Waals surface area contributed by atoms with E-state index in [0.717, 1.165) is 27.5 Å². The predicted octanol–water partition coefficient (Wildman–Crippen LogP) is 4.74. The molecule has 1 aromatic carbocycles. The molecular weight excluding hydrogens is 300 g/mol. The highest BCUT2D eigenvalue weighted by Gasteiger charge is 2.16. The maximum atomic E-state index is 12.4. The van der Waals surface area contributed by atoms with Crippen molar-refractivity contribution in [1.82, 2.24) is 4.98 Å². The Labute approximate surface area is 131 Å². The van der Waals surface area contributed by atoms with Gasteiger partial charge in [-0.2, -0.15) is 11.3 Å². The summed E-state index contributed by atoms with van der Waals surface area (Å²) in [5.74, 6) is -0.0999. The van der Waals surface area contributed by atoms with Crippen molar-refractivity contribution in [2.45, 2.75) is 13.8 Å². The predicted molar refractivity (Wildman–Crippen MR) is 89.3 cm³/mol. The van der Waals surface area contributed by atoms with Crippen molar-refractivity contribution in [1.29, 1.82) is 0 Å². The average Bonchev–Trinajstić information content (AvgIpc) is 3.07. The summed E-state index contributed by atoms with van der Waals surface area (Å²) in [6.45, 7) is 3.87. The zero-order chi connectivity index (χ0) is 14.8. The van der Waals surface area contributed by atoms with Crippen LogP contribution >= 0.6 is 22.7 Å². The number of nitrogens with zero attached hydrogens (tertiary/aromatic N) is 1. The number of carbonyl (C=O) groups is 1. The highest BCUT2D eigenvalue weighted by molar-refractivity contribution is 7.17. The van der Waals surface area contributed by atoms with Crippen molar-refractivity contribution in [2.75, 3.05) is 5.32 Å². The van der Waals surface area contributed by atoms with Crippen LogP contribution in [0.4, 0.5) is 5.69 Å². The van der Waals surface area contributed by atoms with Crippen LogP contribution in [0.3, 0.4) is 0 Å². The normalized spacial score (nSPS) is 10.6. The van der Waals surface area contributed by atoms with Gasteiger partial charge in [-0.1, -0.05) is 12.1 Å². The molecule has 5 heteroatoms. The van der Waals surface area contributed by atoms with Gasteiger partial charge in [-0.3, -0.25) is 4.79 Å². The Morgan fingerprint density at radius 1 is 1.24 bits per heavy atom. The minimum atomic E-state index is -0.0999. The van der Waals surface area contributed by atoms with Crippen LogP contribution in [-0.2, 0) is 0 Å². The first-order chi connectivity index (χ1) is 10.1. The van der Waals surface area contributed by atoms with E-state index in [1.807, 2.05) is 54.9 Å². The van der Waals surface area contributed by atoms with Crippen LogP contribution in [0.2, 0.25) is 0 Å². The molecule has 106 valence electrons. The molecule has 3 nitrogen and oxygen atoms in total. The molecule has 0 saturated heterocycles. The molecule has 0 saturated carbocycles. The minimum Gasteiger partial charge on any atom is -0.321 e. The van der Waals surface area contributed by atoms with E-state index >= 15 is 0 Å². The van der Waals surface area contributed by atoms with Gasteiger partial charge in [-0.15, -0.1) is 11.3 Å². The van der Waals surface area contributed by atoms with Crippen molar-refractivity contribution in [3.05, 3.63) is 57.2 Å². The number of benzene rings is 1. The smallest absolute Gasteiger partial charge is 0.267 e. The number of anilines is 1. The van der Waals surface area contributed by atoms with Gasteiger partial charge < -0.3 is 5.32 Å². The number of nitrogens with one attached hydrogen (secondary N) is 1. The summed E-state index contributed by atoms with van der Waals surface area (Å²) >= 11 is 3.06. The number of thiazole rings is 1. The third kappa shape index (κ3) is 3.04. The average molecular weight is 314 g/mol. The summed E-state index contributed by atoms with van der Waals surface area (Å²) in [6.07, 6.45) is 0. The largest absolute Gasteiger partial charge is 0.321 e. The first-order valence-corrected chi connectivity index (χ1v) is 8.27. The number of hydrogen-bond acceptors (Lipinski definition) is 4. The number of thiophene rings is 1. The van der Waals surface area contributed by atoms with E-state index in [9.17, 15) is 4.79 Å². The van der Waals surface area contributed by atoms with Crippen molar-refractivity contribution in [3.8, 4) is 10.6 Å². The van der Waals surface area contributed by atoms with Gasteiger partial charge in [0.1, 0.15) is 9.88 Å². The van der Waals surface area contributed by atoms with Crippen LogP contribution in [0.15, 0.2) is 41.1 Å². The lowest BCUT2D eigenvalue weighted by atomic mass is 10.2. The van der Waals surface area contributed by atoms with Gasteiger partial charge in [0, 0.05) is 16.6 Å². The van der Waals surface area contributed by atoms with Crippen LogP contribution in [0.5, 0.6) is 0 Å². The highest BCUT2D eigenvalue weighted by atomic mass is 32.1. The maximum Gasteiger partial charge on any atom is 0.267 e. The maximum absolute atomic E-state index is 12.4. The number of aromatic nitrogens is 1. The molecular formula is C16H14N2OS2. The van der Waals surface area contributed by atoms with Crippen LogP contribution in [0.1, 0.15) is 20.9 Å². The first kappa shape index (κ1) is 14.0. The van der Waals surface area contributed by atoms with E-state index in [2.05, 4.69) is 10.3 Å². The van der Waals surface area contributed by atoms with E-state index in [1.54, 1.807) is 11.3 Å². The molecule has 0 bridgehead atoms. The topological polar surface area (TPSA) is 42.0 Å². The molecule has 0 unspecified atom stereocenters. The lowest BCUT2D eigenvalue weighted by Gasteiger charge is -2.04. The second kappa shape index (κ2) is 5.79. The molecule has 2 heterocycles. The molecule has 0 aliphatic heterocycles. The molecule has 1 N–H and O–H groups in total. The van der Waals surface area contributed by atoms with E-state index < -0.39 is 0 Å². The number of rotatable bonds is 3. The van der Waals surface area contributed by atoms with Gasteiger partial charge in [-0.05, 0) is 43.0 Å². The monoisotopic (exact) mass is 314 g/mol. The Bertz CT molecular complexity index is 775. The SMILES string of the molecule is Cc1cccc(NC(=O)c2sc(-c3ccsc3)nc2C)c1. The minimum absolute atomic E-state index is 0.0999. The Kier molecular flexibility index (Phi) is 3.86. The fourth-order valence-corrected chi connectivity index (χ4v) is 3.70. The zero-order valence-corrected chi connectivity index (χ0v) is 13.3. The van der Waals surface area contributed by atoms with Crippen LogP contribution in [0.25, 0.3) is 10.6 Å². The van der Waals surface area contributed by atoms with Crippen molar-refractivity contribution in [2.24, 2.45) is 0 Å². The third-order valence-corrected chi connectivity index (χ3v) is 4.94. The van der Waals surface area contributed by atoms with Gasteiger partial charge in [0.2, 0.25) is 0 Å². The summed E-state index contributed by atoms with van der Waals surface area (Å²) in [5.41, 5.74) is 3.77. The van der Waals surface area contributed by atoms with Gasteiger partial charge in [0.05, 0.1) is 5.69 Å². The Morgan fingerprint density at radius 2 is 2.10 bits per heavy atom. The Balaban J connectivity index is 1.85. The van der Waals surface area contributed by atoms with E-state index in [-0.39, 0.29) is 5.91 Å². The second-order valence-electron chi connectivity index (χ2n) is 4.77. The van der Waals surface area contributed by atoms with Gasteiger partial charge in [0.15, 0.2) is 0 Å². The lowest BCUT2D eigenvalue weighted by molar-refractivity contribution is 0.103. The molecule has 0 atom stereocenters. The number of amides is 1. The molecule has 2 aromatic heterocycles. The lowest BCUT2D eigenvalue weighted by Crippen LogP contribution is -2.11. The van der Waals surface area contributed by atoms with Crippen LogP contribution < -0.4 is 5.32 Å². The summed E-state index contributed by atoms with van der Waals surface area (Å²) in [5, 5.41) is 7.88. The van der Waals surface area contributed by atoms with Gasteiger partial charge in [0.25, 0.3) is 5.91 Å². The van der Waals surface area contributed by atoms with E-state index in [1.165, 1.54) is 11.3 Å². The third-order valence-electron chi connectivity index (χ3n) is 3.05. The van der Waals surface area contributed by atoms with Crippen molar-refractivity contribution < 1.29 is 4.79 Å². The number of aryl methyl sites for hydroxylation is 2. The Morgan fingerprint density at radius 3 is 2.81 bits per heavy atom. The molecule has 21 heavy (non-hydrogen) atoms. The van der Waals surface area contributed by atoms with E-state index in [0.29, 0.717) is 4.88 Å². The van der Waals surface area contributed by atoms with Crippen LogP contribution in [0, 0.1) is 13.8 Å². The molecule has 0 aliphatic carbocycles. The fraction of sp³-hybridized carbons (Fsp3) is 0.125. The quantitative estimate of drug-likeness (QED) is 0.758. The van der Waals surface area contributed by atoms with Crippen molar-refractivity contribution >= 4 is 34.3 Å². The Hall–Kier alpha value is -1.98. The van der Waals surface area contributed by atoms with Crippen molar-refractivity contribution in [3.63, 3.8) is 0 Å². The first-order valence-electron chi connectivity index (χ1n) is 6.51. The molecule has 0 spiro atoms. The molecule has 0 aliphatic rings.